The van der Waals surface area contributed by atoms with E-state index in [4.69, 9.17) is 14.6 Å². The van der Waals surface area contributed by atoms with Crippen molar-refractivity contribution in [3.05, 3.63) is 108 Å². The zero-order chi connectivity index (χ0) is 28.4. The number of anilines is 1. The average molecular weight is 541 g/mol. The molecule has 8 nitrogen and oxygen atoms in total. The topological polar surface area (TPSA) is 105 Å². The Balaban J connectivity index is 0.000000532. The number of ether oxygens (including phenoxy) is 1. The van der Waals surface area contributed by atoms with Gasteiger partial charge >= 0.3 is 18.2 Å². The Morgan fingerprint density at radius 3 is 2.18 bits per heavy atom. The first-order valence-electron chi connectivity index (χ1n) is 11.7. The fraction of sp³-hybridized carbons (Fsp3) is 0.179. The first kappa shape index (κ1) is 28.8. The number of nitrogens with one attached hydrogen (secondary N) is 2. The van der Waals surface area contributed by atoms with E-state index in [-0.39, 0.29) is 12.1 Å². The van der Waals surface area contributed by atoms with Crippen molar-refractivity contribution in [1.29, 1.82) is 0 Å². The standard InChI is InChI=1S/C26H26N4O2.C2HF3O2/c1-19-17-30(18-27-19)24-14-13-22(16-25(24)32-2)28-26(31)29-23(21-11-7-4-8-12-21)15-20-9-5-3-6-10-20;3-2(4,5)1(6)7/h3-14,16-18,23H,15H2,1-2H3,(H2,28,29,31);(H,6,7). The number of urea groups is 1. The second-order valence-electron chi connectivity index (χ2n) is 8.36. The number of carboxylic acid groups (broad SMARTS) is 1. The molecule has 0 radical (unpaired) electrons. The molecule has 1 heterocycles. The molecule has 4 rings (SSSR count). The third-order valence-corrected chi connectivity index (χ3v) is 5.46. The Morgan fingerprint density at radius 1 is 1.03 bits per heavy atom. The molecule has 204 valence electrons. The quantitative estimate of drug-likeness (QED) is 0.270. The van der Waals surface area contributed by atoms with Crippen LogP contribution in [0.5, 0.6) is 5.75 Å². The molecule has 0 saturated heterocycles. The van der Waals surface area contributed by atoms with E-state index >= 15 is 0 Å². The van der Waals surface area contributed by atoms with E-state index in [2.05, 4.69) is 27.8 Å². The van der Waals surface area contributed by atoms with E-state index in [1.165, 1.54) is 0 Å². The molecule has 1 atom stereocenters. The zero-order valence-electron chi connectivity index (χ0n) is 21.1. The van der Waals surface area contributed by atoms with Crippen LogP contribution in [-0.2, 0) is 11.2 Å². The highest BCUT2D eigenvalue weighted by Gasteiger charge is 2.38. The van der Waals surface area contributed by atoms with E-state index in [0.717, 1.165) is 22.5 Å². The van der Waals surface area contributed by atoms with Crippen LogP contribution in [0.3, 0.4) is 0 Å². The first-order chi connectivity index (χ1) is 18.6. The van der Waals surface area contributed by atoms with Crippen LogP contribution < -0.4 is 15.4 Å². The van der Waals surface area contributed by atoms with Crippen LogP contribution in [0.4, 0.5) is 23.7 Å². The molecule has 11 heteroatoms. The Bertz CT molecular complexity index is 1380. The number of rotatable bonds is 7. The molecular weight excluding hydrogens is 513 g/mol. The van der Waals surface area contributed by atoms with E-state index in [1.807, 2.05) is 78.4 Å². The maximum atomic E-state index is 12.9. The first-order valence-corrected chi connectivity index (χ1v) is 11.7. The average Bonchev–Trinajstić information content (AvgIpc) is 3.35. The number of carbonyl (C=O) groups is 2. The predicted octanol–water partition coefficient (Wildman–Crippen LogP) is 5.93. The summed E-state index contributed by atoms with van der Waals surface area (Å²) in [5, 5.41) is 13.2. The molecular formula is C28H27F3N4O4. The molecule has 0 saturated carbocycles. The third-order valence-electron chi connectivity index (χ3n) is 5.46. The normalized spacial score (nSPS) is 11.5. The highest BCUT2D eigenvalue weighted by Crippen LogP contribution is 2.27. The van der Waals surface area contributed by atoms with Crippen molar-refractivity contribution < 1.29 is 32.6 Å². The van der Waals surface area contributed by atoms with Gasteiger partial charge in [0.25, 0.3) is 0 Å². The smallest absolute Gasteiger partial charge is 0.490 e. The highest BCUT2D eigenvalue weighted by atomic mass is 19.4. The molecule has 0 aliphatic rings. The predicted molar refractivity (Wildman–Crippen MR) is 140 cm³/mol. The van der Waals surface area contributed by atoms with Crippen LogP contribution in [0.15, 0.2) is 91.4 Å². The number of aliphatic carboxylic acids is 1. The van der Waals surface area contributed by atoms with Gasteiger partial charge in [0, 0.05) is 18.0 Å². The number of amides is 2. The lowest BCUT2D eigenvalue weighted by Gasteiger charge is -2.20. The highest BCUT2D eigenvalue weighted by molar-refractivity contribution is 5.90. The molecule has 1 unspecified atom stereocenters. The number of hydrogen-bond acceptors (Lipinski definition) is 4. The lowest BCUT2D eigenvalue weighted by molar-refractivity contribution is -0.192. The summed E-state index contributed by atoms with van der Waals surface area (Å²) in [7, 11) is 1.61. The number of carbonyl (C=O) groups excluding carboxylic acids is 1. The number of halogens is 3. The van der Waals surface area contributed by atoms with Crippen LogP contribution in [0.1, 0.15) is 22.9 Å². The molecule has 0 aliphatic heterocycles. The van der Waals surface area contributed by atoms with Gasteiger partial charge in [-0.1, -0.05) is 60.7 Å². The number of carboxylic acids is 1. The summed E-state index contributed by atoms with van der Waals surface area (Å²) in [6.45, 7) is 1.93. The largest absolute Gasteiger partial charge is 0.494 e. The molecule has 0 fully saturated rings. The zero-order valence-corrected chi connectivity index (χ0v) is 21.1. The molecule has 39 heavy (non-hydrogen) atoms. The lowest BCUT2D eigenvalue weighted by atomic mass is 9.99. The Labute approximate surface area is 223 Å². The molecule has 0 spiro atoms. The van der Waals surface area contributed by atoms with Crippen molar-refractivity contribution in [3.63, 3.8) is 0 Å². The maximum Gasteiger partial charge on any atom is 0.490 e. The molecule has 1 aromatic heterocycles. The van der Waals surface area contributed by atoms with Crippen LogP contribution in [0, 0.1) is 6.92 Å². The van der Waals surface area contributed by atoms with Gasteiger partial charge in [-0.25, -0.2) is 14.6 Å². The minimum Gasteiger partial charge on any atom is -0.494 e. The van der Waals surface area contributed by atoms with Crippen LogP contribution in [0.2, 0.25) is 0 Å². The van der Waals surface area contributed by atoms with Crippen molar-refractivity contribution in [2.24, 2.45) is 0 Å². The maximum absolute atomic E-state index is 12.9. The van der Waals surface area contributed by atoms with Crippen molar-refractivity contribution >= 4 is 17.7 Å². The van der Waals surface area contributed by atoms with Gasteiger partial charge in [-0.2, -0.15) is 13.2 Å². The Morgan fingerprint density at radius 2 is 1.64 bits per heavy atom. The fourth-order valence-electron chi connectivity index (χ4n) is 3.63. The second-order valence-corrected chi connectivity index (χ2v) is 8.36. The van der Waals surface area contributed by atoms with E-state index in [0.29, 0.717) is 17.9 Å². The van der Waals surface area contributed by atoms with E-state index in [9.17, 15) is 18.0 Å². The Hall–Kier alpha value is -4.80. The molecule has 4 aromatic rings. The van der Waals surface area contributed by atoms with E-state index < -0.39 is 12.1 Å². The second kappa shape index (κ2) is 13.1. The van der Waals surface area contributed by atoms with Gasteiger partial charge in [0.15, 0.2) is 0 Å². The van der Waals surface area contributed by atoms with Crippen molar-refractivity contribution in [3.8, 4) is 11.4 Å². The van der Waals surface area contributed by atoms with Crippen molar-refractivity contribution in [2.75, 3.05) is 12.4 Å². The van der Waals surface area contributed by atoms with E-state index in [1.54, 1.807) is 19.5 Å². The number of methoxy groups -OCH3 is 1. The number of alkyl halides is 3. The summed E-state index contributed by atoms with van der Waals surface area (Å²) in [4.78, 5) is 26.0. The number of aryl methyl sites for hydroxylation is 1. The molecule has 2 amide bonds. The summed E-state index contributed by atoms with van der Waals surface area (Å²) < 4.78 is 39.2. The van der Waals surface area contributed by atoms with Gasteiger partial charge in [0.05, 0.1) is 30.9 Å². The number of nitrogens with zero attached hydrogens (tertiary/aromatic N) is 2. The van der Waals surface area contributed by atoms with Gasteiger partial charge in [0.2, 0.25) is 0 Å². The van der Waals surface area contributed by atoms with Crippen LogP contribution >= 0.6 is 0 Å². The number of hydrogen-bond donors (Lipinski definition) is 3. The van der Waals surface area contributed by atoms with Gasteiger partial charge in [0.1, 0.15) is 5.75 Å². The third kappa shape index (κ3) is 8.63. The van der Waals surface area contributed by atoms with Gasteiger partial charge in [-0.15, -0.1) is 0 Å². The summed E-state index contributed by atoms with van der Waals surface area (Å²) in [5.74, 6) is -2.11. The molecule has 0 bridgehead atoms. The lowest BCUT2D eigenvalue weighted by Crippen LogP contribution is -2.33. The van der Waals surface area contributed by atoms with Gasteiger partial charge < -0.3 is 25.0 Å². The van der Waals surface area contributed by atoms with Crippen LogP contribution in [-0.4, -0.2) is 39.9 Å². The minimum atomic E-state index is -5.08. The summed E-state index contributed by atoms with van der Waals surface area (Å²) in [5.41, 5.74) is 4.62. The molecule has 3 N–H and O–H groups in total. The van der Waals surface area contributed by atoms with Gasteiger partial charge in [-0.05, 0) is 36.6 Å². The molecule has 0 aliphatic carbocycles. The Kier molecular flexibility index (Phi) is 9.69. The monoisotopic (exact) mass is 540 g/mol. The SMILES string of the molecule is COc1cc(NC(=O)NC(Cc2ccccc2)c2ccccc2)ccc1-n1cnc(C)c1.O=C(O)C(F)(F)F. The van der Waals surface area contributed by atoms with Crippen LogP contribution in [0.25, 0.3) is 5.69 Å². The minimum absolute atomic E-state index is 0.159. The summed E-state index contributed by atoms with van der Waals surface area (Å²) >= 11 is 0. The van der Waals surface area contributed by atoms with Crippen molar-refractivity contribution in [2.45, 2.75) is 25.6 Å². The number of imidazole rings is 1. The number of aromatic nitrogens is 2. The molecule has 3 aromatic carbocycles. The van der Waals surface area contributed by atoms with Crippen molar-refractivity contribution in [1.82, 2.24) is 14.9 Å². The summed E-state index contributed by atoms with van der Waals surface area (Å²) in [6, 6.07) is 25.2. The summed E-state index contributed by atoms with van der Waals surface area (Å²) in [6.07, 6.45) is -0.729. The fourth-order valence-corrected chi connectivity index (χ4v) is 3.63. The number of benzene rings is 3. The van der Waals surface area contributed by atoms with Gasteiger partial charge in [-0.3, -0.25) is 0 Å².